The monoisotopic (exact) mass is 428 g/mol. The summed E-state index contributed by atoms with van der Waals surface area (Å²) in [6.45, 7) is 4.24. The van der Waals surface area contributed by atoms with Crippen LogP contribution in [-0.2, 0) is 11.2 Å². The molecule has 0 saturated heterocycles. The molecule has 0 heterocycles. The largest absolute Gasteiger partial charge is 0.497 e. The van der Waals surface area contributed by atoms with Crippen LogP contribution in [0.15, 0.2) is 72.8 Å². The van der Waals surface area contributed by atoms with Crippen LogP contribution in [-0.4, -0.2) is 18.9 Å². The lowest BCUT2D eigenvalue weighted by molar-refractivity contribution is -0.118. The number of carbonyl (C=O) groups excluding carboxylic acids is 2. The van der Waals surface area contributed by atoms with E-state index < -0.39 is 0 Å². The molecule has 1 fully saturated rings. The summed E-state index contributed by atoms with van der Waals surface area (Å²) in [5.74, 6) is 0.779. The van der Waals surface area contributed by atoms with Gasteiger partial charge in [0.1, 0.15) is 5.75 Å². The van der Waals surface area contributed by atoms with Crippen molar-refractivity contribution in [1.82, 2.24) is 0 Å². The maximum Gasteiger partial charge on any atom is 0.255 e. The molecule has 164 valence electrons. The van der Waals surface area contributed by atoms with Crippen molar-refractivity contribution in [2.24, 2.45) is 11.3 Å². The first-order valence-electron chi connectivity index (χ1n) is 10.8. The van der Waals surface area contributed by atoms with Gasteiger partial charge >= 0.3 is 0 Å². The Hall–Kier alpha value is -3.60. The van der Waals surface area contributed by atoms with E-state index in [2.05, 4.69) is 24.5 Å². The average Bonchev–Trinajstić information content (AvgIpc) is 3.45. The van der Waals surface area contributed by atoms with Crippen LogP contribution in [0.2, 0.25) is 0 Å². The second kappa shape index (κ2) is 8.87. The number of ether oxygens (including phenoxy) is 1. The summed E-state index contributed by atoms with van der Waals surface area (Å²) in [6.07, 6.45) is 1.73. The summed E-state index contributed by atoms with van der Waals surface area (Å²) in [6, 6.07) is 22.8. The molecule has 4 rings (SSSR count). The number of anilines is 2. The molecule has 0 aliphatic heterocycles. The van der Waals surface area contributed by atoms with Crippen LogP contribution >= 0.6 is 0 Å². The zero-order valence-electron chi connectivity index (χ0n) is 18.6. The molecule has 2 amide bonds. The standard InChI is InChI=1S/C27H28N2O3/c1-27(2)17-24(27)26(31)29-22-12-6-19(7-13-22)16-18-4-10-21(11-5-18)28-25(30)20-8-14-23(32-3)15-9-20/h4-15,24H,16-17H2,1-3H3,(H,28,30)(H,29,31). The van der Waals surface area contributed by atoms with Crippen molar-refractivity contribution in [1.29, 1.82) is 0 Å². The summed E-state index contributed by atoms with van der Waals surface area (Å²) in [5, 5.41) is 5.92. The van der Waals surface area contributed by atoms with E-state index in [4.69, 9.17) is 4.74 Å². The molecule has 0 spiro atoms. The number of hydrogen-bond donors (Lipinski definition) is 2. The third-order valence-corrected chi connectivity index (χ3v) is 6.02. The second-order valence-corrected chi connectivity index (χ2v) is 8.99. The SMILES string of the molecule is COc1ccc(C(=O)Nc2ccc(Cc3ccc(NC(=O)C4CC4(C)C)cc3)cc2)cc1. The number of nitrogens with one attached hydrogen (secondary N) is 2. The Morgan fingerprint density at radius 3 is 1.81 bits per heavy atom. The zero-order chi connectivity index (χ0) is 22.7. The lowest BCUT2D eigenvalue weighted by Gasteiger charge is -2.09. The molecule has 1 unspecified atom stereocenters. The van der Waals surface area contributed by atoms with Gasteiger partial charge in [0, 0.05) is 22.9 Å². The van der Waals surface area contributed by atoms with Crippen molar-refractivity contribution < 1.29 is 14.3 Å². The van der Waals surface area contributed by atoms with Crippen molar-refractivity contribution in [2.45, 2.75) is 26.7 Å². The first-order valence-corrected chi connectivity index (χ1v) is 10.8. The quantitative estimate of drug-likeness (QED) is 0.520. The van der Waals surface area contributed by atoms with Crippen molar-refractivity contribution >= 4 is 23.2 Å². The van der Waals surface area contributed by atoms with E-state index in [1.165, 1.54) is 0 Å². The van der Waals surface area contributed by atoms with Crippen LogP contribution in [0.25, 0.3) is 0 Å². The van der Waals surface area contributed by atoms with Crippen LogP contribution in [0, 0.1) is 11.3 Å². The number of rotatable bonds is 7. The highest BCUT2D eigenvalue weighted by Gasteiger charge is 2.50. The lowest BCUT2D eigenvalue weighted by atomic mass is 10.0. The molecule has 3 aromatic carbocycles. The van der Waals surface area contributed by atoms with Crippen molar-refractivity contribution in [3.63, 3.8) is 0 Å². The minimum atomic E-state index is -0.160. The smallest absolute Gasteiger partial charge is 0.255 e. The fourth-order valence-corrected chi connectivity index (χ4v) is 3.74. The Kier molecular flexibility index (Phi) is 5.99. The van der Waals surface area contributed by atoms with Gasteiger partial charge in [-0.15, -0.1) is 0 Å². The summed E-state index contributed by atoms with van der Waals surface area (Å²) >= 11 is 0. The highest BCUT2D eigenvalue weighted by molar-refractivity contribution is 6.04. The number of amides is 2. The van der Waals surface area contributed by atoms with Gasteiger partial charge in [0.2, 0.25) is 5.91 Å². The minimum absolute atomic E-state index is 0.107. The van der Waals surface area contributed by atoms with E-state index in [-0.39, 0.29) is 23.1 Å². The molecule has 1 aliphatic carbocycles. The Morgan fingerprint density at radius 2 is 1.34 bits per heavy atom. The fourth-order valence-electron chi connectivity index (χ4n) is 3.74. The van der Waals surface area contributed by atoms with Gasteiger partial charge in [-0.05, 0) is 77.9 Å². The summed E-state index contributed by atoms with van der Waals surface area (Å²) in [4.78, 5) is 24.6. The van der Waals surface area contributed by atoms with Gasteiger partial charge in [0.05, 0.1) is 7.11 Å². The molecule has 0 aromatic heterocycles. The molecule has 0 radical (unpaired) electrons. The van der Waals surface area contributed by atoms with E-state index in [0.717, 1.165) is 35.3 Å². The van der Waals surface area contributed by atoms with Gasteiger partial charge in [-0.1, -0.05) is 38.1 Å². The van der Waals surface area contributed by atoms with Gasteiger partial charge < -0.3 is 15.4 Å². The normalized spacial score (nSPS) is 16.2. The maximum absolute atomic E-state index is 12.4. The second-order valence-electron chi connectivity index (χ2n) is 8.99. The first kappa shape index (κ1) is 21.6. The van der Waals surface area contributed by atoms with Crippen molar-refractivity contribution in [2.75, 3.05) is 17.7 Å². The van der Waals surface area contributed by atoms with E-state index in [1.54, 1.807) is 31.4 Å². The molecule has 32 heavy (non-hydrogen) atoms. The molecular weight excluding hydrogens is 400 g/mol. The third kappa shape index (κ3) is 5.17. The minimum Gasteiger partial charge on any atom is -0.497 e. The van der Waals surface area contributed by atoms with E-state index >= 15 is 0 Å². The summed E-state index contributed by atoms with van der Waals surface area (Å²) < 4.78 is 5.12. The Labute approximate surface area is 188 Å². The maximum atomic E-state index is 12.4. The molecule has 0 bridgehead atoms. The fraction of sp³-hybridized carbons (Fsp3) is 0.259. The van der Waals surface area contributed by atoms with Gasteiger partial charge in [-0.2, -0.15) is 0 Å². The highest BCUT2D eigenvalue weighted by Crippen LogP contribution is 2.51. The van der Waals surface area contributed by atoms with Gasteiger partial charge in [0.25, 0.3) is 5.91 Å². The summed E-state index contributed by atoms with van der Waals surface area (Å²) in [5.41, 5.74) is 4.58. The van der Waals surface area contributed by atoms with Gasteiger partial charge in [0.15, 0.2) is 0 Å². The number of benzene rings is 3. The molecule has 1 saturated carbocycles. The average molecular weight is 429 g/mol. The van der Waals surface area contributed by atoms with Gasteiger partial charge in [-0.25, -0.2) is 0 Å². The number of methoxy groups -OCH3 is 1. The van der Waals surface area contributed by atoms with E-state index in [9.17, 15) is 9.59 Å². The van der Waals surface area contributed by atoms with Crippen LogP contribution in [0.4, 0.5) is 11.4 Å². The number of carbonyl (C=O) groups is 2. The van der Waals surface area contributed by atoms with Crippen molar-refractivity contribution in [3.05, 3.63) is 89.5 Å². The Bertz CT molecular complexity index is 1100. The predicted molar refractivity (Wildman–Crippen MR) is 127 cm³/mol. The molecule has 5 heteroatoms. The Balaban J connectivity index is 1.31. The van der Waals surface area contributed by atoms with Crippen LogP contribution in [0.5, 0.6) is 5.75 Å². The van der Waals surface area contributed by atoms with Crippen LogP contribution < -0.4 is 15.4 Å². The number of hydrogen-bond acceptors (Lipinski definition) is 3. The van der Waals surface area contributed by atoms with E-state index in [0.29, 0.717) is 11.3 Å². The molecule has 2 N–H and O–H groups in total. The van der Waals surface area contributed by atoms with E-state index in [1.807, 2.05) is 48.5 Å². The predicted octanol–water partition coefficient (Wildman–Crippen LogP) is 5.52. The first-order chi connectivity index (χ1) is 15.3. The molecule has 3 aromatic rings. The topological polar surface area (TPSA) is 67.4 Å². The Morgan fingerprint density at radius 1 is 0.844 bits per heavy atom. The van der Waals surface area contributed by atoms with Crippen molar-refractivity contribution in [3.8, 4) is 5.75 Å². The van der Waals surface area contributed by atoms with Crippen LogP contribution in [0.1, 0.15) is 41.8 Å². The van der Waals surface area contributed by atoms with Gasteiger partial charge in [-0.3, -0.25) is 9.59 Å². The third-order valence-electron chi connectivity index (χ3n) is 6.02. The highest BCUT2D eigenvalue weighted by atomic mass is 16.5. The molecule has 5 nitrogen and oxygen atoms in total. The van der Waals surface area contributed by atoms with Crippen LogP contribution in [0.3, 0.4) is 0 Å². The zero-order valence-corrected chi connectivity index (χ0v) is 18.6. The molecular formula is C27H28N2O3. The summed E-state index contributed by atoms with van der Waals surface area (Å²) in [7, 11) is 1.60. The lowest BCUT2D eigenvalue weighted by Crippen LogP contribution is -2.16. The molecule has 1 atom stereocenters. The molecule has 1 aliphatic rings.